The standard InChI is InChI=1S/C16H20Cl2N2O3/c1-4-6-12(16(22)23-5-2)10(3)19-20-15(21)13-8-7-11(17)9-14(13)18/h7-9,12H,4-6H2,1-3H3,(H,20,21)/b19-10+/t12-/m0/s1. The lowest BCUT2D eigenvalue weighted by molar-refractivity contribution is -0.145. The van der Waals surface area contributed by atoms with Gasteiger partial charge in [0.1, 0.15) is 0 Å². The van der Waals surface area contributed by atoms with Gasteiger partial charge in [-0.3, -0.25) is 9.59 Å². The van der Waals surface area contributed by atoms with Crippen LogP contribution in [0.5, 0.6) is 0 Å². The molecule has 5 nitrogen and oxygen atoms in total. The van der Waals surface area contributed by atoms with Crippen molar-refractivity contribution in [2.24, 2.45) is 11.0 Å². The van der Waals surface area contributed by atoms with Gasteiger partial charge in [-0.15, -0.1) is 0 Å². The van der Waals surface area contributed by atoms with Crippen LogP contribution >= 0.6 is 23.2 Å². The van der Waals surface area contributed by atoms with Gasteiger partial charge in [0.05, 0.1) is 23.1 Å². The van der Waals surface area contributed by atoms with Crippen molar-refractivity contribution in [3.63, 3.8) is 0 Å². The van der Waals surface area contributed by atoms with E-state index in [9.17, 15) is 9.59 Å². The molecule has 0 saturated carbocycles. The third-order valence-corrected chi connectivity index (χ3v) is 3.71. The first kappa shape index (κ1) is 19.5. The number of hydrazone groups is 1. The molecule has 0 radical (unpaired) electrons. The van der Waals surface area contributed by atoms with Crippen LogP contribution in [-0.4, -0.2) is 24.2 Å². The lowest BCUT2D eigenvalue weighted by Gasteiger charge is -2.14. The second-order valence-corrected chi connectivity index (χ2v) is 5.76. The molecule has 0 spiro atoms. The van der Waals surface area contributed by atoms with Crippen LogP contribution in [0.4, 0.5) is 0 Å². The summed E-state index contributed by atoms with van der Waals surface area (Å²) in [7, 11) is 0. The van der Waals surface area contributed by atoms with E-state index in [2.05, 4.69) is 10.5 Å². The number of carbonyl (C=O) groups excluding carboxylic acids is 2. The van der Waals surface area contributed by atoms with E-state index in [1.54, 1.807) is 19.9 Å². The van der Waals surface area contributed by atoms with E-state index < -0.39 is 11.8 Å². The Kier molecular flexibility index (Phi) is 8.06. The van der Waals surface area contributed by atoms with Gasteiger partial charge in [0.2, 0.25) is 0 Å². The number of nitrogens with zero attached hydrogens (tertiary/aromatic N) is 1. The molecule has 0 saturated heterocycles. The molecule has 0 aliphatic heterocycles. The number of rotatable bonds is 7. The predicted molar refractivity (Wildman–Crippen MR) is 92.1 cm³/mol. The van der Waals surface area contributed by atoms with Gasteiger partial charge in [-0.25, -0.2) is 5.43 Å². The predicted octanol–water partition coefficient (Wildman–Crippen LogP) is 4.08. The number of nitrogens with one attached hydrogen (secondary N) is 1. The number of benzene rings is 1. The molecule has 0 fully saturated rings. The van der Waals surface area contributed by atoms with Crippen molar-refractivity contribution in [3.05, 3.63) is 33.8 Å². The highest BCUT2D eigenvalue weighted by Gasteiger charge is 2.22. The Balaban J connectivity index is 2.83. The number of carbonyl (C=O) groups is 2. The minimum Gasteiger partial charge on any atom is -0.465 e. The minimum atomic E-state index is -0.471. The van der Waals surface area contributed by atoms with Crippen molar-refractivity contribution >= 4 is 40.8 Å². The molecule has 0 aliphatic carbocycles. The van der Waals surface area contributed by atoms with Gasteiger partial charge in [-0.05, 0) is 38.5 Å². The topological polar surface area (TPSA) is 67.8 Å². The molecule has 7 heteroatoms. The van der Waals surface area contributed by atoms with Gasteiger partial charge in [0, 0.05) is 10.7 Å². The van der Waals surface area contributed by atoms with Gasteiger partial charge in [-0.2, -0.15) is 5.10 Å². The summed E-state index contributed by atoms with van der Waals surface area (Å²) in [5.41, 5.74) is 3.16. The number of esters is 1. The highest BCUT2D eigenvalue weighted by atomic mass is 35.5. The fraction of sp³-hybridized carbons (Fsp3) is 0.438. The molecule has 1 aromatic carbocycles. The van der Waals surface area contributed by atoms with Crippen molar-refractivity contribution in [3.8, 4) is 0 Å². The van der Waals surface area contributed by atoms with Gasteiger partial charge < -0.3 is 4.74 Å². The van der Waals surface area contributed by atoms with Crippen LogP contribution in [0.3, 0.4) is 0 Å². The molecule has 1 amide bonds. The van der Waals surface area contributed by atoms with Gasteiger partial charge in [0.25, 0.3) is 5.91 Å². The molecule has 1 rings (SSSR count). The van der Waals surface area contributed by atoms with E-state index in [-0.39, 0.29) is 16.6 Å². The van der Waals surface area contributed by atoms with E-state index in [1.165, 1.54) is 12.1 Å². The molecule has 0 aliphatic rings. The van der Waals surface area contributed by atoms with Crippen LogP contribution < -0.4 is 5.43 Å². The number of ether oxygens (including phenoxy) is 1. The Morgan fingerprint density at radius 3 is 2.57 bits per heavy atom. The summed E-state index contributed by atoms with van der Waals surface area (Å²) in [6.45, 7) is 5.70. The third kappa shape index (κ3) is 5.84. The Morgan fingerprint density at radius 1 is 1.30 bits per heavy atom. The van der Waals surface area contributed by atoms with Crippen LogP contribution in [0, 0.1) is 5.92 Å². The summed E-state index contributed by atoms with van der Waals surface area (Å²) in [6.07, 6.45) is 1.40. The average molecular weight is 359 g/mol. The summed E-state index contributed by atoms with van der Waals surface area (Å²) >= 11 is 11.8. The zero-order chi connectivity index (χ0) is 17.4. The number of halogens is 2. The van der Waals surface area contributed by atoms with Gasteiger partial charge >= 0.3 is 5.97 Å². The summed E-state index contributed by atoms with van der Waals surface area (Å²) in [4.78, 5) is 24.0. The first-order chi connectivity index (χ1) is 10.9. The highest BCUT2D eigenvalue weighted by molar-refractivity contribution is 6.36. The Labute approximate surface area is 146 Å². The number of amides is 1. The Bertz CT molecular complexity index is 603. The highest BCUT2D eigenvalue weighted by Crippen LogP contribution is 2.20. The van der Waals surface area contributed by atoms with E-state index in [1.807, 2.05) is 6.92 Å². The molecule has 0 unspecified atom stereocenters. The Morgan fingerprint density at radius 2 is 2.00 bits per heavy atom. The molecule has 0 heterocycles. The van der Waals surface area contributed by atoms with Crippen LogP contribution in [-0.2, 0) is 9.53 Å². The van der Waals surface area contributed by atoms with E-state index >= 15 is 0 Å². The Hall–Kier alpha value is -1.59. The lowest BCUT2D eigenvalue weighted by atomic mass is 9.99. The maximum absolute atomic E-state index is 12.1. The molecular formula is C16H20Cl2N2O3. The summed E-state index contributed by atoms with van der Waals surface area (Å²) in [5, 5.41) is 4.69. The van der Waals surface area contributed by atoms with Crippen LogP contribution in [0.1, 0.15) is 44.0 Å². The monoisotopic (exact) mass is 358 g/mol. The van der Waals surface area contributed by atoms with Crippen molar-refractivity contribution in [2.75, 3.05) is 6.61 Å². The fourth-order valence-corrected chi connectivity index (χ4v) is 2.47. The summed E-state index contributed by atoms with van der Waals surface area (Å²) in [6, 6.07) is 4.56. The number of hydrogen-bond acceptors (Lipinski definition) is 4. The fourth-order valence-electron chi connectivity index (χ4n) is 1.98. The first-order valence-electron chi connectivity index (χ1n) is 7.36. The summed E-state index contributed by atoms with van der Waals surface area (Å²) in [5.74, 6) is -1.28. The normalized spacial score (nSPS) is 12.7. The number of hydrogen-bond donors (Lipinski definition) is 1. The van der Waals surface area contributed by atoms with E-state index in [0.29, 0.717) is 23.8 Å². The van der Waals surface area contributed by atoms with Crippen molar-refractivity contribution in [2.45, 2.75) is 33.6 Å². The third-order valence-electron chi connectivity index (χ3n) is 3.16. The first-order valence-corrected chi connectivity index (χ1v) is 8.12. The van der Waals surface area contributed by atoms with Gasteiger partial charge in [-0.1, -0.05) is 36.5 Å². The van der Waals surface area contributed by atoms with E-state index in [4.69, 9.17) is 27.9 Å². The quantitative estimate of drug-likeness (QED) is 0.453. The molecule has 0 bridgehead atoms. The molecule has 1 N–H and O–H groups in total. The minimum absolute atomic E-state index is 0.235. The smallest absolute Gasteiger partial charge is 0.314 e. The van der Waals surface area contributed by atoms with Crippen molar-refractivity contribution in [1.82, 2.24) is 5.43 Å². The lowest BCUT2D eigenvalue weighted by Crippen LogP contribution is -2.28. The summed E-state index contributed by atoms with van der Waals surface area (Å²) < 4.78 is 5.03. The van der Waals surface area contributed by atoms with Crippen LogP contribution in [0.2, 0.25) is 10.0 Å². The van der Waals surface area contributed by atoms with Crippen LogP contribution in [0.15, 0.2) is 23.3 Å². The molecule has 23 heavy (non-hydrogen) atoms. The largest absolute Gasteiger partial charge is 0.465 e. The molecule has 0 aromatic heterocycles. The SMILES string of the molecule is CCC[C@H](C(=O)OCC)/C(C)=N/NC(=O)c1ccc(Cl)cc1Cl. The molecular weight excluding hydrogens is 339 g/mol. The zero-order valence-electron chi connectivity index (χ0n) is 13.4. The molecule has 126 valence electrons. The molecule has 1 aromatic rings. The van der Waals surface area contributed by atoms with Crippen LogP contribution in [0.25, 0.3) is 0 Å². The van der Waals surface area contributed by atoms with E-state index in [0.717, 1.165) is 6.42 Å². The molecule has 1 atom stereocenters. The van der Waals surface area contributed by atoms with Crippen molar-refractivity contribution in [1.29, 1.82) is 0 Å². The second-order valence-electron chi connectivity index (χ2n) is 4.91. The average Bonchev–Trinajstić information content (AvgIpc) is 2.50. The van der Waals surface area contributed by atoms with Crippen molar-refractivity contribution < 1.29 is 14.3 Å². The zero-order valence-corrected chi connectivity index (χ0v) is 14.9. The maximum Gasteiger partial charge on any atom is 0.314 e. The van der Waals surface area contributed by atoms with Gasteiger partial charge in [0.15, 0.2) is 0 Å². The second kappa shape index (κ2) is 9.53. The maximum atomic E-state index is 12.1.